The first-order chi connectivity index (χ1) is 13.2. The minimum atomic E-state index is -3.71. The number of nitrogens with zero attached hydrogens (tertiary/aromatic N) is 2. The zero-order valence-electron chi connectivity index (χ0n) is 15.9. The highest BCUT2D eigenvalue weighted by atomic mass is 79.9. The molecule has 0 radical (unpaired) electrons. The van der Waals surface area contributed by atoms with Crippen molar-refractivity contribution in [2.45, 2.75) is 50.2 Å². The van der Waals surface area contributed by atoms with Crippen LogP contribution in [0.2, 0.25) is 0 Å². The van der Waals surface area contributed by atoms with E-state index in [9.17, 15) is 13.2 Å². The van der Waals surface area contributed by atoms with Crippen LogP contribution in [0.3, 0.4) is 0 Å². The molecule has 1 aromatic carbocycles. The zero-order chi connectivity index (χ0) is 20.4. The Morgan fingerprint density at radius 3 is 2.93 bits per heavy atom. The Hall–Kier alpha value is -1.49. The highest BCUT2D eigenvalue weighted by molar-refractivity contribution is 9.10. The Kier molecular flexibility index (Phi) is 6.43. The summed E-state index contributed by atoms with van der Waals surface area (Å²) in [4.78, 5) is 18.0. The Bertz CT molecular complexity index is 955. The molecule has 10 heteroatoms. The second-order valence-electron chi connectivity index (χ2n) is 7.19. The topological polar surface area (TPSA) is 99.5 Å². The number of ether oxygens (including phenoxy) is 1. The third-order valence-electron chi connectivity index (χ3n) is 5.05. The van der Waals surface area contributed by atoms with E-state index in [4.69, 9.17) is 9.57 Å². The van der Waals surface area contributed by atoms with Crippen molar-refractivity contribution in [2.24, 2.45) is 0 Å². The lowest BCUT2D eigenvalue weighted by Crippen LogP contribution is -2.51. The molecule has 1 saturated heterocycles. The van der Waals surface area contributed by atoms with E-state index in [1.807, 2.05) is 24.4 Å². The van der Waals surface area contributed by atoms with Crippen LogP contribution in [0.4, 0.5) is 0 Å². The summed E-state index contributed by atoms with van der Waals surface area (Å²) in [7, 11) is -3.71. The highest BCUT2D eigenvalue weighted by Gasteiger charge is 2.44. The summed E-state index contributed by atoms with van der Waals surface area (Å²) >= 11 is 3.41. The van der Waals surface area contributed by atoms with Crippen LogP contribution in [0.5, 0.6) is 0 Å². The number of hydroxylamine groups is 1. The van der Waals surface area contributed by atoms with Gasteiger partial charge in [-0.05, 0) is 44.4 Å². The van der Waals surface area contributed by atoms with Crippen LogP contribution >= 0.6 is 15.9 Å². The number of rotatable bonds is 7. The number of aryl methyl sites for hydroxylation is 1. The van der Waals surface area contributed by atoms with Gasteiger partial charge in [0.2, 0.25) is 0 Å². The second kappa shape index (κ2) is 8.48. The van der Waals surface area contributed by atoms with Gasteiger partial charge in [-0.2, -0.15) is 5.10 Å². The molecular formula is C18H24BrN3O5S. The van der Waals surface area contributed by atoms with Crippen LogP contribution < -0.4 is 5.48 Å². The average molecular weight is 474 g/mol. The van der Waals surface area contributed by atoms with Gasteiger partial charge in [-0.1, -0.05) is 15.9 Å². The molecule has 1 fully saturated rings. The van der Waals surface area contributed by atoms with Crippen molar-refractivity contribution >= 4 is 42.6 Å². The van der Waals surface area contributed by atoms with E-state index in [1.165, 1.54) is 6.92 Å². The normalized spacial score (nSPS) is 20.0. The van der Waals surface area contributed by atoms with Gasteiger partial charge in [-0.15, -0.1) is 0 Å². The predicted octanol–water partition coefficient (Wildman–Crippen LogP) is 2.57. The maximum Gasteiger partial charge on any atom is 0.264 e. The van der Waals surface area contributed by atoms with Crippen LogP contribution in [0.1, 0.15) is 32.6 Å². The van der Waals surface area contributed by atoms with Crippen LogP contribution in [0.25, 0.3) is 10.9 Å². The smallest absolute Gasteiger partial charge is 0.264 e. The largest absolute Gasteiger partial charge is 0.350 e. The van der Waals surface area contributed by atoms with E-state index < -0.39 is 26.8 Å². The number of sulfone groups is 1. The third-order valence-corrected chi connectivity index (χ3v) is 7.57. The van der Waals surface area contributed by atoms with E-state index in [1.54, 1.807) is 4.68 Å². The van der Waals surface area contributed by atoms with Gasteiger partial charge < -0.3 is 4.74 Å². The number of nitrogens with one attached hydrogen (secondary N) is 1. The quantitative estimate of drug-likeness (QED) is 0.620. The van der Waals surface area contributed by atoms with Crippen molar-refractivity contribution in [1.82, 2.24) is 15.3 Å². The van der Waals surface area contributed by atoms with Gasteiger partial charge in [0, 0.05) is 41.9 Å². The molecule has 1 amide bonds. The Morgan fingerprint density at radius 1 is 1.46 bits per heavy atom. The molecule has 2 heterocycles. The number of fused-ring (bicyclic) bond motifs is 1. The van der Waals surface area contributed by atoms with Crippen molar-refractivity contribution in [3.05, 3.63) is 28.9 Å². The molecular weight excluding hydrogens is 450 g/mol. The predicted molar refractivity (Wildman–Crippen MR) is 108 cm³/mol. The molecule has 0 unspecified atom stereocenters. The molecule has 2 atom stereocenters. The first-order valence-electron chi connectivity index (χ1n) is 9.09. The molecule has 0 spiro atoms. The Morgan fingerprint density at radius 2 is 2.25 bits per heavy atom. The summed E-state index contributed by atoms with van der Waals surface area (Å²) in [5, 5.41) is 5.36. The zero-order valence-corrected chi connectivity index (χ0v) is 18.3. The summed E-state index contributed by atoms with van der Waals surface area (Å²) in [6.07, 6.45) is 4.94. The van der Waals surface area contributed by atoms with Gasteiger partial charge in [0.05, 0.1) is 5.52 Å². The van der Waals surface area contributed by atoms with Gasteiger partial charge in [0.25, 0.3) is 5.91 Å². The van der Waals surface area contributed by atoms with E-state index in [0.29, 0.717) is 13.0 Å². The number of halogens is 1. The van der Waals surface area contributed by atoms with E-state index in [2.05, 4.69) is 26.5 Å². The van der Waals surface area contributed by atoms with Crippen molar-refractivity contribution in [3.63, 3.8) is 0 Å². The van der Waals surface area contributed by atoms with E-state index >= 15 is 0 Å². The molecule has 28 heavy (non-hydrogen) atoms. The molecule has 3 rings (SSSR count). The maximum atomic E-state index is 12.7. The fraction of sp³-hybridized carbons (Fsp3) is 0.556. The number of carbonyl (C=O) groups excluding carboxylic acids is 1. The SMILES string of the molecule is C[C@](CCn1cc2cc(Br)ccc2n1)(C(=O)NO[C@H]1CCCCO1)S(C)(=O)=O. The second-order valence-corrected chi connectivity index (χ2v) is 10.6. The summed E-state index contributed by atoms with van der Waals surface area (Å²) in [6, 6.07) is 5.69. The number of aromatic nitrogens is 2. The monoisotopic (exact) mass is 473 g/mol. The van der Waals surface area contributed by atoms with Crippen molar-refractivity contribution in [1.29, 1.82) is 0 Å². The van der Waals surface area contributed by atoms with Gasteiger partial charge in [-0.3, -0.25) is 9.48 Å². The van der Waals surface area contributed by atoms with Gasteiger partial charge in [0.15, 0.2) is 20.9 Å². The number of amides is 1. The van der Waals surface area contributed by atoms with Crippen LogP contribution in [-0.2, 0) is 30.8 Å². The number of benzene rings is 1. The number of hydrogen-bond donors (Lipinski definition) is 1. The molecule has 1 aliphatic heterocycles. The first kappa shape index (κ1) is 21.2. The highest BCUT2D eigenvalue weighted by Crippen LogP contribution is 2.24. The van der Waals surface area contributed by atoms with Gasteiger partial charge in [0.1, 0.15) is 0 Å². The molecule has 1 aromatic heterocycles. The maximum absolute atomic E-state index is 12.7. The summed E-state index contributed by atoms with van der Waals surface area (Å²) in [5.74, 6) is -0.705. The molecule has 0 bridgehead atoms. The van der Waals surface area contributed by atoms with Gasteiger partial charge >= 0.3 is 0 Å². The van der Waals surface area contributed by atoms with Gasteiger partial charge in [-0.25, -0.2) is 18.7 Å². The Labute approximate surface area is 172 Å². The average Bonchev–Trinajstić information content (AvgIpc) is 3.06. The standard InChI is InChI=1S/C18H24BrN3O5S/c1-18(28(2,24)25,17(23)21-27-16-5-3-4-10-26-16)8-9-22-12-13-11-14(19)6-7-15(13)20-22/h6-7,11-12,16H,3-5,8-10H2,1-2H3,(H,21,23)/t16-,18-/m0/s1. The van der Waals surface area contributed by atoms with Crippen LogP contribution in [0, 0.1) is 0 Å². The lowest BCUT2D eigenvalue weighted by Gasteiger charge is -2.28. The molecule has 8 nitrogen and oxygen atoms in total. The lowest BCUT2D eigenvalue weighted by molar-refractivity contribution is -0.201. The summed E-state index contributed by atoms with van der Waals surface area (Å²) in [5.41, 5.74) is 3.09. The van der Waals surface area contributed by atoms with Crippen LogP contribution in [0.15, 0.2) is 28.9 Å². The molecule has 0 saturated carbocycles. The summed E-state index contributed by atoms with van der Waals surface area (Å²) in [6.45, 7) is 2.23. The Balaban J connectivity index is 1.70. The number of hydrogen-bond acceptors (Lipinski definition) is 6. The van der Waals surface area contributed by atoms with Crippen LogP contribution in [-0.4, -0.2) is 48.0 Å². The van der Waals surface area contributed by atoms with Crippen molar-refractivity contribution in [2.75, 3.05) is 12.9 Å². The molecule has 1 aliphatic rings. The van der Waals surface area contributed by atoms with Crippen molar-refractivity contribution < 1.29 is 22.8 Å². The molecule has 1 N–H and O–H groups in total. The van der Waals surface area contributed by atoms with E-state index in [0.717, 1.165) is 34.5 Å². The summed E-state index contributed by atoms with van der Waals surface area (Å²) < 4.78 is 31.1. The third kappa shape index (κ3) is 4.73. The molecule has 154 valence electrons. The molecule has 2 aromatic rings. The first-order valence-corrected chi connectivity index (χ1v) is 11.8. The number of carbonyl (C=O) groups is 1. The fourth-order valence-electron chi connectivity index (χ4n) is 2.99. The lowest BCUT2D eigenvalue weighted by atomic mass is 10.1. The fourth-order valence-corrected chi connectivity index (χ4v) is 4.21. The minimum Gasteiger partial charge on any atom is -0.350 e. The minimum absolute atomic E-state index is 0.0573. The van der Waals surface area contributed by atoms with E-state index in [-0.39, 0.29) is 13.0 Å². The van der Waals surface area contributed by atoms with Crippen molar-refractivity contribution in [3.8, 4) is 0 Å². The molecule has 0 aliphatic carbocycles.